The highest BCUT2D eigenvalue weighted by atomic mass is 35.5. The predicted molar refractivity (Wildman–Crippen MR) is 91.6 cm³/mol. The Kier molecular flexibility index (Phi) is 5.92. The summed E-state index contributed by atoms with van der Waals surface area (Å²) >= 11 is 12.2. The smallest absolute Gasteiger partial charge is 0.371 e. The van der Waals surface area contributed by atoms with Gasteiger partial charge in [-0.1, -0.05) is 29.3 Å². The Hall–Kier alpha value is -1.84. The maximum atomic E-state index is 12.4. The molecule has 1 amide bonds. The number of ether oxygens (including phenoxy) is 1. The summed E-state index contributed by atoms with van der Waals surface area (Å²) in [5, 5.41) is 6.81. The van der Waals surface area contributed by atoms with E-state index in [4.69, 9.17) is 27.9 Å². The van der Waals surface area contributed by atoms with Gasteiger partial charge in [0.15, 0.2) is 0 Å². The van der Waals surface area contributed by atoms with Crippen molar-refractivity contribution >= 4 is 29.1 Å². The Balaban J connectivity index is 1.75. The molecule has 1 N–H and O–H groups in total. The molecule has 0 bridgehead atoms. The van der Waals surface area contributed by atoms with Crippen LogP contribution in [-0.2, 0) is 16.1 Å². The second kappa shape index (κ2) is 8.04. The Morgan fingerprint density at radius 2 is 2.15 bits per heavy atom. The van der Waals surface area contributed by atoms with Crippen LogP contribution in [0.25, 0.3) is 0 Å². The molecule has 1 aromatic heterocycles. The van der Waals surface area contributed by atoms with Crippen LogP contribution in [0.15, 0.2) is 30.9 Å². The number of amides is 1. The zero-order valence-electron chi connectivity index (χ0n) is 13.8. The first-order valence-corrected chi connectivity index (χ1v) is 8.77. The number of benzene rings is 1. The average Bonchev–Trinajstić information content (AvgIpc) is 3.22. The maximum absolute atomic E-state index is 12.4. The molecule has 1 saturated heterocycles. The van der Waals surface area contributed by atoms with Crippen molar-refractivity contribution in [3.8, 4) is 0 Å². The van der Waals surface area contributed by atoms with Crippen LogP contribution < -0.4 is 5.32 Å². The Morgan fingerprint density at radius 3 is 2.78 bits per heavy atom. The Bertz CT molecular complexity index is 801. The molecule has 11 heteroatoms. The van der Waals surface area contributed by atoms with E-state index in [-0.39, 0.29) is 12.5 Å². The molecule has 1 fully saturated rings. The molecule has 0 aliphatic carbocycles. The topological polar surface area (TPSA) is 69.0 Å². The van der Waals surface area contributed by atoms with Crippen LogP contribution in [0, 0.1) is 0 Å². The Labute approximate surface area is 162 Å². The lowest BCUT2D eigenvalue weighted by atomic mass is 9.90. The zero-order chi connectivity index (χ0) is 19.6. The van der Waals surface area contributed by atoms with Crippen molar-refractivity contribution in [2.45, 2.75) is 37.3 Å². The molecule has 3 unspecified atom stereocenters. The molecule has 3 atom stereocenters. The van der Waals surface area contributed by atoms with Gasteiger partial charge in [0, 0.05) is 22.5 Å². The summed E-state index contributed by atoms with van der Waals surface area (Å²) in [7, 11) is 0. The van der Waals surface area contributed by atoms with E-state index in [0.717, 1.165) is 5.56 Å². The molecule has 0 saturated carbocycles. The largest absolute Gasteiger partial charge is 0.471 e. The number of hydrogen-bond donors (Lipinski definition) is 1. The number of hydrogen-bond acceptors (Lipinski definition) is 4. The molecule has 0 radical (unpaired) electrons. The minimum atomic E-state index is -4.93. The number of carbonyl (C=O) groups is 1. The molecular formula is C16H15Cl2F3N4O2. The van der Waals surface area contributed by atoms with E-state index in [1.54, 1.807) is 22.9 Å². The fourth-order valence-corrected chi connectivity index (χ4v) is 3.63. The van der Waals surface area contributed by atoms with E-state index in [9.17, 15) is 18.0 Å². The highest BCUT2D eigenvalue weighted by molar-refractivity contribution is 6.35. The van der Waals surface area contributed by atoms with E-state index >= 15 is 0 Å². The van der Waals surface area contributed by atoms with Gasteiger partial charge in [-0.3, -0.25) is 9.48 Å². The van der Waals surface area contributed by atoms with Gasteiger partial charge in [0.25, 0.3) is 0 Å². The first-order valence-electron chi connectivity index (χ1n) is 8.02. The SMILES string of the molecule is O=C(NCC1CC(c2ccc(Cl)cc2Cl)C(Cn2cncn2)O1)C(F)(F)F. The van der Waals surface area contributed by atoms with Crippen LogP contribution in [0.3, 0.4) is 0 Å². The minimum Gasteiger partial charge on any atom is -0.371 e. The van der Waals surface area contributed by atoms with Crippen molar-refractivity contribution in [2.24, 2.45) is 0 Å². The molecule has 2 aromatic rings. The molecule has 1 aromatic carbocycles. The fraction of sp³-hybridized carbons (Fsp3) is 0.438. The lowest BCUT2D eigenvalue weighted by Gasteiger charge is -2.20. The molecule has 0 spiro atoms. The van der Waals surface area contributed by atoms with Gasteiger partial charge in [-0.15, -0.1) is 0 Å². The molecule has 27 heavy (non-hydrogen) atoms. The monoisotopic (exact) mass is 422 g/mol. The van der Waals surface area contributed by atoms with E-state index in [2.05, 4.69) is 10.1 Å². The van der Waals surface area contributed by atoms with Gasteiger partial charge in [0.1, 0.15) is 12.7 Å². The minimum absolute atomic E-state index is 0.202. The van der Waals surface area contributed by atoms with Crippen LogP contribution in [0.4, 0.5) is 13.2 Å². The van der Waals surface area contributed by atoms with Gasteiger partial charge >= 0.3 is 12.1 Å². The molecule has 1 aliphatic rings. The van der Waals surface area contributed by atoms with Crippen LogP contribution in [0.5, 0.6) is 0 Å². The highest BCUT2D eigenvalue weighted by Gasteiger charge is 2.41. The van der Waals surface area contributed by atoms with Crippen LogP contribution in [0.2, 0.25) is 10.0 Å². The van der Waals surface area contributed by atoms with E-state index in [0.29, 0.717) is 23.0 Å². The maximum Gasteiger partial charge on any atom is 0.471 e. The zero-order valence-corrected chi connectivity index (χ0v) is 15.3. The number of rotatable bonds is 5. The number of nitrogens with one attached hydrogen (secondary N) is 1. The van der Waals surface area contributed by atoms with Gasteiger partial charge in [0.05, 0.1) is 18.8 Å². The number of halogens is 5. The number of nitrogens with zero attached hydrogens (tertiary/aromatic N) is 3. The number of carbonyl (C=O) groups excluding carboxylic acids is 1. The third-order valence-corrected chi connectivity index (χ3v) is 4.84. The lowest BCUT2D eigenvalue weighted by molar-refractivity contribution is -0.174. The van der Waals surface area contributed by atoms with Gasteiger partial charge in [-0.25, -0.2) is 4.98 Å². The third kappa shape index (κ3) is 4.91. The van der Waals surface area contributed by atoms with Crippen molar-refractivity contribution < 1.29 is 22.7 Å². The Morgan fingerprint density at radius 1 is 1.37 bits per heavy atom. The first-order chi connectivity index (χ1) is 12.7. The average molecular weight is 423 g/mol. The second-order valence-corrected chi connectivity index (χ2v) is 6.97. The van der Waals surface area contributed by atoms with Gasteiger partial charge in [-0.05, 0) is 24.1 Å². The number of aromatic nitrogens is 3. The standard InChI is InChI=1S/C16H15Cl2F3N4O2/c17-9-1-2-11(13(18)3-9)12-4-10(5-23-15(26)16(19,20)21)27-14(12)6-25-8-22-7-24-25/h1-3,7-8,10,12,14H,4-6H2,(H,23,26). The fourth-order valence-electron chi connectivity index (χ4n) is 3.08. The summed E-state index contributed by atoms with van der Waals surface area (Å²) in [6, 6.07) is 5.06. The summed E-state index contributed by atoms with van der Waals surface area (Å²) in [6.45, 7) is 0.0846. The molecule has 2 heterocycles. The van der Waals surface area contributed by atoms with Crippen molar-refractivity contribution in [1.82, 2.24) is 20.1 Å². The molecule has 146 valence electrons. The third-order valence-electron chi connectivity index (χ3n) is 4.28. The first kappa shape index (κ1) is 19.9. The van der Waals surface area contributed by atoms with Gasteiger partial charge < -0.3 is 10.1 Å². The van der Waals surface area contributed by atoms with Crippen LogP contribution in [0.1, 0.15) is 17.9 Å². The van der Waals surface area contributed by atoms with Crippen molar-refractivity contribution in [1.29, 1.82) is 0 Å². The summed E-state index contributed by atoms with van der Waals surface area (Å²) in [5.41, 5.74) is 0.774. The van der Waals surface area contributed by atoms with Crippen molar-refractivity contribution in [3.63, 3.8) is 0 Å². The second-order valence-electron chi connectivity index (χ2n) is 6.13. The molecular weight excluding hydrogens is 408 g/mol. The number of alkyl halides is 3. The predicted octanol–water partition coefficient (Wildman–Crippen LogP) is 3.20. The van der Waals surface area contributed by atoms with Gasteiger partial charge in [-0.2, -0.15) is 18.3 Å². The molecule has 6 nitrogen and oxygen atoms in total. The quantitative estimate of drug-likeness (QED) is 0.802. The van der Waals surface area contributed by atoms with Crippen LogP contribution >= 0.6 is 23.2 Å². The summed E-state index contributed by atoms with van der Waals surface area (Å²) in [4.78, 5) is 14.9. The summed E-state index contributed by atoms with van der Waals surface area (Å²) in [5.74, 6) is -2.20. The summed E-state index contributed by atoms with van der Waals surface area (Å²) in [6.07, 6.45) is -2.65. The van der Waals surface area contributed by atoms with E-state index in [1.165, 1.54) is 12.7 Å². The lowest BCUT2D eigenvalue weighted by Crippen LogP contribution is -2.40. The van der Waals surface area contributed by atoms with E-state index in [1.807, 2.05) is 5.32 Å². The highest BCUT2D eigenvalue weighted by Crippen LogP contribution is 2.39. The molecule has 3 rings (SSSR count). The van der Waals surface area contributed by atoms with E-state index < -0.39 is 24.3 Å². The van der Waals surface area contributed by atoms with Crippen LogP contribution in [-0.4, -0.2) is 45.6 Å². The van der Waals surface area contributed by atoms with Gasteiger partial charge in [0.2, 0.25) is 0 Å². The normalized spacial score (nSPS) is 22.8. The summed E-state index contributed by atoms with van der Waals surface area (Å²) < 4.78 is 44.6. The van der Waals surface area contributed by atoms with Crippen molar-refractivity contribution in [2.75, 3.05) is 6.54 Å². The van der Waals surface area contributed by atoms with Crippen molar-refractivity contribution in [3.05, 3.63) is 46.5 Å². The molecule has 1 aliphatic heterocycles.